The lowest BCUT2D eigenvalue weighted by atomic mass is 10.1. The quantitative estimate of drug-likeness (QED) is 0.654. The molecule has 0 saturated carbocycles. The third kappa shape index (κ3) is 5.64. The number of carbonyl (C=O) groups is 1. The largest absolute Gasteiger partial charge is 0.373 e. The maximum absolute atomic E-state index is 12.6. The van der Waals surface area contributed by atoms with Gasteiger partial charge in [0.25, 0.3) is 5.91 Å². The molecule has 2 aromatic rings. The number of nitrogens with one attached hydrogen (secondary N) is 3. The van der Waals surface area contributed by atoms with Crippen molar-refractivity contribution in [2.24, 2.45) is 4.99 Å². The number of aryl methyl sites for hydroxylation is 2. The molecule has 7 heteroatoms. The first-order valence-corrected chi connectivity index (χ1v) is 8.74. The van der Waals surface area contributed by atoms with E-state index >= 15 is 0 Å². The van der Waals surface area contributed by atoms with Crippen LogP contribution in [-0.4, -0.2) is 42.2 Å². The number of aliphatic imine (C=N–C) groups is 1. The summed E-state index contributed by atoms with van der Waals surface area (Å²) >= 11 is 0. The summed E-state index contributed by atoms with van der Waals surface area (Å²) in [7, 11) is 3.51. The Morgan fingerprint density at radius 1 is 1.22 bits per heavy atom. The molecule has 0 aliphatic rings. The molecule has 142 valence electrons. The number of benzene rings is 1. The first-order valence-electron chi connectivity index (χ1n) is 8.74. The minimum atomic E-state index is -0.150. The van der Waals surface area contributed by atoms with Gasteiger partial charge in [0.1, 0.15) is 5.82 Å². The van der Waals surface area contributed by atoms with Gasteiger partial charge in [-0.3, -0.25) is 9.79 Å². The SMILES string of the molecule is C/C=C\C(CNC(=O)c1cc(Nc2nc(C)cc(NC)n2)ccc1C)=N/C. The Balaban J connectivity index is 2.18. The average Bonchev–Trinajstić information content (AvgIpc) is 2.65. The summed E-state index contributed by atoms with van der Waals surface area (Å²) in [6.45, 7) is 6.10. The fraction of sp³-hybridized carbons (Fsp3) is 0.300. The number of hydrogen-bond donors (Lipinski definition) is 3. The van der Waals surface area contributed by atoms with E-state index < -0.39 is 0 Å². The van der Waals surface area contributed by atoms with E-state index in [0.29, 0.717) is 18.1 Å². The summed E-state index contributed by atoms with van der Waals surface area (Å²) in [6.07, 6.45) is 3.77. The molecule has 0 spiro atoms. The number of allylic oxidation sites excluding steroid dienone is 1. The Morgan fingerprint density at radius 2 is 2.00 bits per heavy atom. The smallest absolute Gasteiger partial charge is 0.251 e. The Morgan fingerprint density at radius 3 is 2.67 bits per heavy atom. The molecule has 0 unspecified atom stereocenters. The molecular weight excluding hydrogens is 340 g/mol. The van der Waals surface area contributed by atoms with Gasteiger partial charge >= 0.3 is 0 Å². The standard InChI is InChI=1S/C20H26N6O/c1-6-7-16(21-4)12-23-19(27)17-11-15(9-8-13(17)2)25-20-24-14(3)10-18(22-5)26-20/h6-11H,12H2,1-5H3,(H,23,27)(H2,22,24,25,26)/b7-6-,21-16+. The van der Waals surface area contributed by atoms with Gasteiger partial charge in [0.2, 0.25) is 5.95 Å². The number of hydrogen-bond acceptors (Lipinski definition) is 6. The zero-order chi connectivity index (χ0) is 19.8. The van der Waals surface area contributed by atoms with E-state index in [1.165, 1.54) is 0 Å². The molecule has 27 heavy (non-hydrogen) atoms. The predicted molar refractivity (Wildman–Crippen MR) is 111 cm³/mol. The fourth-order valence-corrected chi connectivity index (χ4v) is 2.50. The summed E-state index contributed by atoms with van der Waals surface area (Å²) in [5.41, 5.74) is 3.89. The van der Waals surface area contributed by atoms with Crippen LogP contribution in [0.3, 0.4) is 0 Å². The third-order valence-electron chi connectivity index (χ3n) is 3.93. The molecule has 1 heterocycles. The van der Waals surface area contributed by atoms with E-state index in [1.807, 2.05) is 58.2 Å². The van der Waals surface area contributed by atoms with E-state index in [-0.39, 0.29) is 5.91 Å². The van der Waals surface area contributed by atoms with Crippen LogP contribution < -0.4 is 16.0 Å². The van der Waals surface area contributed by atoms with Gasteiger partial charge in [0.05, 0.1) is 12.3 Å². The minimum Gasteiger partial charge on any atom is -0.373 e. The van der Waals surface area contributed by atoms with Gasteiger partial charge in [0.15, 0.2) is 0 Å². The molecule has 0 fully saturated rings. The van der Waals surface area contributed by atoms with Crippen LogP contribution in [0.25, 0.3) is 0 Å². The van der Waals surface area contributed by atoms with Crippen molar-refractivity contribution in [3.63, 3.8) is 0 Å². The van der Waals surface area contributed by atoms with Gasteiger partial charge in [-0.25, -0.2) is 4.98 Å². The number of anilines is 3. The van der Waals surface area contributed by atoms with Crippen LogP contribution >= 0.6 is 0 Å². The second-order valence-electron chi connectivity index (χ2n) is 6.02. The number of aromatic nitrogens is 2. The average molecular weight is 366 g/mol. The van der Waals surface area contributed by atoms with Crippen LogP contribution in [0.5, 0.6) is 0 Å². The van der Waals surface area contributed by atoms with E-state index in [9.17, 15) is 4.79 Å². The Bertz CT molecular complexity index is 873. The fourth-order valence-electron chi connectivity index (χ4n) is 2.50. The van der Waals surface area contributed by atoms with Crippen LogP contribution in [0.1, 0.15) is 28.5 Å². The molecule has 2 rings (SSSR count). The maximum Gasteiger partial charge on any atom is 0.251 e. The van der Waals surface area contributed by atoms with Gasteiger partial charge in [0, 0.05) is 37.1 Å². The van der Waals surface area contributed by atoms with E-state index in [0.717, 1.165) is 28.5 Å². The van der Waals surface area contributed by atoms with Crippen LogP contribution in [0.15, 0.2) is 41.4 Å². The van der Waals surface area contributed by atoms with Crippen LogP contribution in [0.4, 0.5) is 17.5 Å². The molecule has 7 nitrogen and oxygen atoms in total. The summed E-state index contributed by atoms with van der Waals surface area (Å²) in [6, 6.07) is 7.45. The molecule has 1 aromatic carbocycles. The summed E-state index contributed by atoms with van der Waals surface area (Å²) in [5, 5.41) is 9.07. The highest BCUT2D eigenvalue weighted by atomic mass is 16.1. The van der Waals surface area contributed by atoms with Crippen molar-refractivity contribution in [1.82, 2.24) is 15.3 Å². The van der Waals surface area contributed by atoms with Crippen LogP contribution in [0.2, 0.25) is 0 Å². The van der Waals surface area contributed by atoms with E-state index in [4.69, 9.17) is 0 Å². The topological polar surface area (TPSA) is 91.3 Å². The zero-order valence-corrected chi connectivity index (χ0v) is 16.4. The monoisotopic (exact) mass is 366 g/mol. The van der Waals surface area contributed by atoms with Crippen molar-refractivity contribution >= 4 is 29.1 Å². The highest BCUT2D eigenvalue weighted by Gasteiger charge is 2.11. The van der Waals surface area contributed by atoms with Crippen LogP contribution in [-0.2, 0) is 0 Å². The molecule has 0 radical (unpaired) electrons. The van der Waals surface area contributed by atoms with Crippen molar-refractivity contribution in [2.75, 3.05) is 31.3 Å². The Labute approximate surface area is 160 Å². The molecule has 0 bridgehead atoms. The number of amides is 1. The van der Waals surface area contributed by atoms with E-state index in [2.05, 4.69) is 30.9 Å². The lowest BCUT2D eigenvalue weighted by Crippen LogP contribution is -2.29. The number of carbonyl (C=O) groups excluding carboxylic acids is 1. The highest BCUT2D eigenvalue weighted by molar-refractivity contribution is 6.02. The van der Waals surface area contributed by atoms with Crippen LogP contribution in [0, 0.1) is 13.8 Å². The van der Waals surface area contributed by atoms with Gasteiger partial charge in [-0.15, -0.1) is 0 Å². The molecule has 1 aromatic heterocycles. The third-order valence-corrected chi connectivity index (χ3v) is 3.93. The summed E-state index contributed by atoms with van der Waals surface area (Å²) < 4.78 is 0. The molecule has 3 N–H and O–H groups in total. The molecule has 0 saturated heterocycles. The molecule has 1 amide bonds. The van der Waals surface area contributed by atoms with Crippen molar-refractivity contribution in [1.29, 1.82) is 0 Å². The van der Waals surface area contributed by atoms with E-state index in [1.54, 1.807) is 13.1 Å². The summed E-state index contributed by atoms with van der Waals surface area (Å²) in [4.78, 5) is 25.5. The lowest BCUT2D eigenvalue weighted by molar-refractivity contribution is 0.0959. The van der Waals surface area contributed by atoms with Gasteiger partial charge < -0.3 is 16.0 Å². The second-order valence-corrected chi connectivity index (χ2v) is 6.02. The first-order chi connectivity index (χ1) is 13.0. The van der Waals surface area contributed by atoms with Gasteiger partial charge in [-0.2, -0.15) is 4.98 Å². The molecule has 0 atom stereocenters. The lowest BCUT2D eigenvalue weighted by Gasteiger charge is -2.12. The Kier molecular flexibility index (Phi) is 7.05. The number of rotatable bonds is 7. The summed E-state index contributed by atoms with van der Waals surface area (Å²) in [5.74, 6) is 1.05. The zero-order valence-electron chi connectivity index (χ0n) is 16.4. The van der Waals surface area contributed by atoms with Gasteiger partial charge in [-0.05, 0) is 44.5 Å². The van der Waals surface area contributed by atoms with Crippen molar-refractivity contribution in [2.45, 2.75) is 20.8 Å². The first kappa shape index (κ1) is 20.1. The minimum absolute atomic E-state index is 0.150. The normalized spacial score (nSPS) is 11.5. The highest BCUT2D eigenvalue weighted by Crippen LogP contribution is 2.19. The molecular formula is C20H26N6O. The predicted octanol–water partition coefficient (Wildman–Crippen LogP) is 3.26. The van der Waals surface area contributed by atoms with Crippen molar-refractivity contribution < 1.29 is 4.79 Å². The van der Waals surface area contributed by atoms with Crippen molar-refractivity contribution in [3.05, 3.63) is 53.2 Å². The van der Waals surface area contributed by atoms with Gasteiger partial charge in [-0.1, -0.05) is 12.1 Å². The second kappa shape index (κ2) is 9.47. The van der Waals surface area contributed by atoms with Crippen molar-refractivity contribution in [3.8, 4) is 0 Å². The number of nitrogens with zero attached hydrogens (tertiary/aromatic N) is 3. The maximum atomic E-state index is 12.6. The molecule has 0 aliphatic carbocycles. The molecule has 0 aliphatic heterocycles. The Hall–Kier alpha value is -3.22.